The Kier molecular flexibility index (Phi) is 6.24. The molecule has 166 valence electrons. The minimum atomic E-state index is -3.78. The fourth-order valence-electron chi connectivity index (χ4n) is 4.37. The van der Waals surface area contributed by atoms with Crippen molar-refractivity contribution >= 4 is 15.9 Å². The van der Waals surface area contributed by atoms with Crippen molar-refractivity contribution in [2.75, 3.05) is 26.7 Å². The highest BCUT2D eigenvalue weighted by molar-refractivity contribution is 7.89. The molecule has 1 aromatic carbocycles. The number of amides is 1. The lowest BCUT2D eigenvalue weighted by molar-refractivity contribution is 0.0722. The minimum Gasteiger partial charge on any atom is -0.495 e. The molecular formula is C22H28N4O4S. The van der Waals surface area contributed by atoms with Gasteiger partial charge in [-0.25, -0.2) is 18.4 Å². The summed E-state index contributed by atoms with van der Waals surface area (Å²) in [6.45, 7) is 3.69. The van der Waals surface area contributed by atoms with Gasteiger partial charge in [0, 0.05) is 25.8 Å². The van der Waals surface area contributed by atoms with Crippen molar-refractivity contribution in [1.29, 1.82) is 0 Å². The summed E-state index contributed by atoms with van der Waals surface area (Å²) in [6, 6.07) is 6.15. The number of likely N-dealkylation sites (tertiary alicyclic amines) is 1. The maximum absolute atomic E-state index is 13.4. The van der Waals surface area contributed by atoms with E-state index >= 15 is 0 Å². The fraction of sp³-hybridized carbons (Fsp3) is 0.500. The Balaban J connectivity index is 1.61. The number of nitrogens with zero attached hydrogens (tertiary/aromatic N) is 4. The first-order valence-electron chi connectivity index (χ1n) is 10.7. The van der Waals surface area contributed by atoms with Gasteiger partial charge in [-0.1, -0.05) is 12.1 Å². The van der Waals surface area contributed by atoms with Crippen LogP contribution in [-0.2, 0) is 10.0 Å². The van der Waals surface area contributed by atoms with Crippen LogP contribution in [0, 0.1) is 6.92 Å². The number of benzene rings is 1. The highest BCUT2D eigenvalue weighted by Gasteiger charge is 2.39. The van der Waals surface area contributed by atoms with Gasteiger partial charge in [0.25, 0.3) is 5.91 Å². The Bertz CT molecular complexity index is 1070. The molecule has 0 saturated carbocycles. The normalized spacial score (nSPS) is 20.1. The molecule has 0 N–H and O–H groups in total. The Hall–Kier alpha value is -2.52. The van der Waals surface area contributed by atoms with E-state index in [0.29, 0.717) is 35.8 Å². The van der Waals surface area contributed by atoms with Gasteiger partial charge in [0.1, 0.15) is 16.5 Å². The molecule has 2 aliphatic rings. The average molecular weight is 445 g/mol. The largest absolute Gasteiger partial charge is 0.495 e. The standard InChI is InChI=1S/C22H28N4O4S/c1-16-17(22(27)25-12-6-3-7-13-25)15-23-21(24-16)18-9-8-14-26(18)31(28,29)20-11-5-4-10-19(20)30-2/h4-5,10-11,15,18H,3,6-9,12-14H2,1-2H3/t18-/m1/s1. The number of piperidine rings is 1. The Morgan fingerprint density at radius 2 is 1.84 bits per heavy atom. The maximum Gasteiger partial charge on any atom is 0.257 e. The number of carbonyl (C=O) groups excluding carboxylic acids is 1. The molecular weight excluding hydrogens is 416 g/mol. The molecule has 0 unspecified atom stereocenters. The molecule has 0 radical (unpaired) electrons. The molecule has 1 atom stereocenters. The lowest BCUT2D eigenvalue weighted by Crippen LogP contribution is -2.36. The van der Waals surface area contributed by atoms with E-state index < -0.39 is 16.1 Å². The number of carbonyl (C=O) groups is 1. The van der Waals surface area contributed by atoms with E-state index in [1.54, 1.807) is 37.4 Å². The summed E-state index contributed by atoms with van der Waals surface area (Å²) < 4.78 is 33.5. The number of hydrogen-bond donors (Lipinski definition) is 0. The first-order chi connectivity index (χ1) is 14.9. The van der Waals surface area contributed by atoms with Crippen molar-refractivity contribution in [3.63, 3.8) is 0 Å². The smallest absolute Gasteiger partial charge is 0.257 e. The van der Waals surface area contributed by atoms with Crippen LogP contribution in [0.25, 0.3) is 0 Å². The van der Waals surface area contributed by atoms with Crippen LogP contribution < -0.4 is 4.74 Å². The van der Waals surface area contributed by atoms with E-state index in [1.165, 1.54) is 11.4 Å². The predicted molar refractivity (Wildman–Crippen MR) is 115 cm³/mol. The number of aromatic nitrogens is 2. The second kappa shape index (κ2) is 8.92. The van der Waals surface area contributed by atoms with Gasteiger partial charge in [0.05, 0.1) is 24.4 Å². The zero-order valence-corrected chi connectivity index (χ0v) is 18.8. The van der Waals surface area contributed by atoms with Crippen molar-refractivity contribution in [3.8, 4) is 5.75 Å². The SMILES string of the molecule is COc1ccccc1S(=O)(=O)N1CCC[C@@H]1c1ncc(C(=O)N2CCCCC2)c(C)n1. The first-order valence-corrected chi connectivity index (χ1v) is 12.1. The zero-order chi connectivity index (χ0) is 22.0. The Morgan fingerprint density at radius 1 is 1.10 bits per heavy atom. The maximum atomic E-state index is 13.4. The summed E-state index contributed by atoms with van der Waals surface area (Å²) in [6.07, 6.45) is 6.09. The number of para-hydroxylation sites is 1. The van der Waals surface area contributed by atoms with Crippen LogP contribution in [-0.4, -0.2) is 60.2 Å². The minimum absolute atomic E-state index is 0.0475. The average Bonchev–Trinajstić information content (AvgIpc) is 3.30. The van der Waals surface area contributed by atoms with E-state index in [0.717, 1.165) is 38.8 Å². The summed E-state index contributed by atoms with van der Waals surface area (Å²) in [5, 5.41) is 0. The van der Waals surface area contributed by atoms with Gasteiger partial charge in [-0.2, -0.15) is 4.31 Å². The number of ether oxygens (including phenoxy) is 1. The van der Waals surface area contributed by atoms with Crippen molar-refractivity contribution < 1.29 is 17.9 Å². The molecule has 1 amide bonds. The Morgan fingerprint density at radius 3 is 2.55 bits per heavy atom. The van der Waals surface area contributed by atoms with Gasteiger partial charge in [0.15, 0.2) is 0 Å². The third kappa shape index (κ3) is 4.16. The predicted octanol–water partition coefficient (Wildman–Crippen LogP) is 2.95. The molecule has 0 aliphatic carbocycles. The third-order valence-corrected chi connectivity index (χ3v) is 7.98. The number of sulfonamides is 1. The third-order valence-electron chi connectivity index (χ3n) is 6.03. The van der Waals surface area contributed by atoms with Crippen molar-refractivity contribution in [3.05, 3.63) is 47.5 Å². The number of hydrogen-bond acceptors (Lipinski definition) is 6. The number of methoxy groups -OCH3 is 1. The van der Waals surface area contributed by atoms with E-state index in [4.69, 9.17) is 4.74 Å². The van der Waals surface area contributed by atoms with E-state index in [1.807, 2.05) is 4.90 Å². The van der Waals surface area contributed by atoms with Gasteiger partial charge in [0.2, 0.25) is 10.0 Å². The van der Waals surface area contributed by atoms with Gasteiger partial charge in [-0.3, -0.25) is 4.79 Å². The molecule has 0 spiro atoms. The van der Waals surface area contributed by atoms with Crippen molar-refractivity contribution in [2.45, 2.75) is 50.0 Å². The molecule has 2 saturated heterocycles. The monoisotopic (exact) mass is 444 g/mol. The summed E-state index contributed by atoms with van der Waals surface area (Å²) in [5.74, 6) is 0.699. The molecule has 2 aliphatic heterocycles. The van der Waals surface area contributed by atoms with Gasteiger partial charge in [-0.05, 0) is 51.2 Å². The van der Waals surface area contributed by atoms with Crippen molar-refractivity contribution in [2.24, 2.45) is 0 Å². The van der Waals surface area contributed by atoms with E-state index in [2.05, 4.69) is 9.97 Å². The molecule has 8 nitrogen and oxygen atoms in total. The van der Waals surface area contributed by atoms with E-state index in [-0.39, 0.29) is 10.8 Å². The number of aryl methyl sites for hydroxylation is 1. The van der Waals surface area contributed by atoms with Gasteiger partial charge >= 0.3 is 0 Å². The lowest BCUT2D eigenvalue weighted by atomic mass is 10.1. The first kappa shape index (κ1) is 21.7. The molecule has 9 heteroatoms. The van der Waals surface area contributed by atoms with Crippen LogP contribution in [0.3, 0.4) is 0 Å². The van der Waals surface area contributed by atoms with Crippen molar-refractivity contribution in [1.82, 2.24) is 19.2 Å². The van der Waals surface area contributed by atoms with Crippen LogP contribution in [0.4, 0.5) is 0 Å². The molecule has 3 heterocycles. The van der Waals surface area contributed by atoms with Crippen LogP contribution in [0.2, 0.25) is 0 Å². The topological polar surface area (TPSA) is 92.7 Å². The molecule has 31 heavy (non-hydrogen) atoms. The fourth-order valence-corrected chi connectivity index (χ4v) is 6.18. The second-order valence-corrected chi connectivity index (χ2v) is 9.86. The lowest BCUT2D eigenvalue weighted by Gasteiger charge is -2.27. The summed E-state index contributed by atoms with van der Waals surface area (Å²) in [5.41, 5.74) is 1.07. The van der Waals surface area contributed by atoms with Crippen LogP contribution >= 0.6 is 0 Å². The summed E-state index contributed by atoms with van der Waals surface area (Å²) in [4.78, 5) is 23.9. The van der Waals surface area contributed by atoms with Crippen LogP contribution in [0.1, 0.15) is 60.0 Å². The van der Waals surface area contributed by atoms with Crippen LogP contribution in [0.5, 0.6) is 5.75 Å². The quantitative estimate of drug-likeness (QED) is 0.704. The molecule has 4 rings (SSSR count). The Labute approximate surface area is 183 Å². The molecule has 2 aromatic rings. The second-order valence-electron chi connectivity index (χ2n) is 8.00. The zero-order valence-electron chi connectivity index (χ0n) is 18.0. The highest BCUT2D eigenvalue weighted by atomic mass is 32.2. The van der Waals surface area contributed by atoms with Gasteiger partial charge < -0.3 is 9.64 Å². The highest BCUT2D eigenvalue weighted by Crippen LogP contribution is 2.37. The van der Waals surface area contributed by atoms with Crippen LogP contribution in [0.15, 0.2) is 35.4 Å². The van der Waals surface area contributed by atoms with E-state index in [9.17, 15) is 13.2 Å². The molecule has 2 fully saturated rings. The number of rotatable bonds is 5. The summed E-state index contributed by atoms with van der Waals surface area (Å²) in [7, 11) is -2.32. The molecule has 0 bridgehead atoms. The summed E-state index contributed by atoms with van der Waals surface area (Å²) >= 11 is 0. The van der Waals surface area contributed by atoms with Gasteiger partial charge in [-0.15, -0.1) is 0 Å². The molecule has 1 aromatic heterocycles.